The fourth-order valence-corrected chi connectivity index (χ4v) is 2.34. The first-order chi connectivity index (χ1) is 11.0. The normalized spacial score (nSPS) is 11.2. The quantitative estimate of drug-likeness (QED) is 0.217. The Morgan fingerprint density at radius 1 is 1.33 bits per heavy atom. The number of halogens is 2. The summed E-state index contributed by atoms with van der Waals surface area (Å²) in [6.45, 7) is 5.87. The Hall–Kier alpha value is -1.15. The second-order valence-corrected chi connectivity index (χ2v) is 5.92. The van der Waals surface area contributed by atoms with Crippen LogP contribution in [0.15, 0.2) is 35.8 Å². The molecule has 6 heteroatoms. The van der Waals surface area contributed by atoms with Crippen molar-refractivity contribution < 1.29 is 4.39 Å². The fraction of sp³-hybridized carbons (Fsp3) is 0.500. The van der Waals surface area contributed by atoms with Crippen LogP contribution in [-0.4, -0.2) is 50.5 Å². The summed E-state index contributed by atoms with van der Waals surface area (Å²) in [5.41, 5.74) is 1.76. The molecule has 0 saturated carbocycles. The number of aliphatic imine (C=N–C) groups is 1. The Morgan fingerprint density at radius 2 is 2.04 bits per heavy atom. The van der Waals surface area contributed by atoms with Crippen molar-refractivity contribution in [2.45, 2.75) is 25.9 Å². The fourth-order valence-electron chi connectivity index (χ4n) is 2.34. The van der Waals surface area contributed by atoms with Gasteiger partial charge in [-0.1, -0.05) is 12.1 Å². The van der Waals surface area contributed by atoms with E-state index in [1.54, 1.807) is 7.05 Å². The number of unbranched alkanes of at least 4 members (excludes halogenated alkanes) is 1. The third kappa shape index (κ3) is 8.10. The summed E-state index contributed by atoms with van der Waals surface area (Å²) in [7, 11) is 7.66. The maximum Gasteiger partial charge on any atom is 0.193 e. The standard InChI is InChI=1S/C18H29FN4.HI/c1-6-7-8-11-23(5)18(20-2)21-13-15-9-10-17(19)16(12-15)14-22(3)4;/h6,9-10,12H,1,7-8,11,13-14H2,2-5H3,(H,20,21);1H. The van der Waals surface area contributed by atoms with Crippen LogP contribution in [0.25, 0.3) is 0 Å². The first-order valence-corrected chi connectivity index (χ1v) is 7.92. The van der Waals surface area contributed by atoms with E-state index in [4.69, 9.17) is 0 Å². The van der Waals surface area contributed by atoms with Crippen LogP contribution in [0.5, 0.6) is 0 Å². The molecule has 0 heterocycles. The molecule has 0 unspecified atom stereocenters. The van der Waals surface area contributed by atoms with Crippen LogP contribution < -0.4 is 5.32 Å². The van der Waals surface area contributed by atoms with Gasteiger partial charge in [0.25, 0.3) is 0 Å². The van der Waals surface area contributed by atoms with Gasteiger partial charge in [-0.25, -0.2) is 4.39 Å². The first-order valence-electron chi connectivity index (χ1n) is 7.92. The molecule has 0 atom stereocenters. The maximum absolute atomic E-state index is 13.8. The number of nitrogens with zero attached hydrogens (tertiary/aromatic N) is 3. The minimum atomic E-state index is -0.159. The molecule has 0 amide bonds. The van der Waals surface area contributed by atoms with Crippen molar-refractivity contribution in [3.8, 4) is 0 Å². The smallest absolute Gasteiger partial charge is 0.193 e. The lowest BCUT2D eigenvalue weighted by Crippen LogP contribution is -2.39. The predicted octanol–water partition coefficient (Wildman–Crippen LogP) is 3.48. The molecule has 0 aliphatic heterocycles. The second-order valence-electron chi connectivity index (χ2n) is 5.92. The van der Waals surface area contributed by atoms with E-state index in [0.717, 1.165) is 30.9 Å². The summed E-state index contributed by atoms with van der Waals surface area (Å²) in [6.07, 6.45) is 3.96. The monoisotopic (exact) mass is 448 g/mol. The highest BCUT2D eigenvalue weighted by Crippen LogP contribution is 2.12. The maximum atomic E-state index is 13.8. The molecule has 0 spiro atoms. The van der Waals surface area contributed by atoms with E-state index in [1.807, 2.05) is 44.3 Å². The van der Waals surface area contributed by atoms with Gasteiger partial charge in [-0.2, -0.15) is 0 Å². The lowest BCUT2D eigenvalue weighted by molar-refractivity contribution is 0.392. The molecule has 1 rings (SSSR count). The molecule has 0 aliphatic rings. The SMILES string of the molecule is C=CCCCN(C)C(=NC)NCc1ccc(F)c(CN(C)C)c1.I. The molecule has 0 radical (unpaired) electrons. The number of benzene rings is 1. The lowest BCUT2D eigenvalue weighted by atomic mass is 10.1. The molecule has 0 aliphatic carbocycles. The summed E-state index contributed by atoms with van der Waals surface area (Å²) >= 11 is 0. The van der Waals surface area contributed by atoms with Crippen molar-refractivity contribution in [2.75, 3.05) is 34.7 Å². The van der Waals surface area contributed by atoms with Crippen LogP contribution >= 0.6 is 24.0 Å². The van der Waals surface area contributed by atoms with Gasteiger partial charge in [0.1, 0.15) is 5.82 Å². The molecule has 1 N–H and O–H groups in total. The second kappa shape index (κ2) is 12.2. The van der Waals surface area contributed by atoms with Gasteiger partial charge >= 0.3 is 0 Å². The molecule has 0 bridgehead atoms. The molecule has 0 saturated heterocycles. The van der Waals surface area contributed by atoms with E-state index in [-0.39, 0.29) is 29.8 Å². The van der Waals surface area contributed by atoms with Crippen molar-refractivity contribution in [3.05, 3.63) is 47.8 Å². The summed E-state index contributed by atoms with van der Waals surface area (Å²) in [6, 6.07) is 5.26. The number of hydrogen-bond donors (Lipinski definition) is 1. The van der Waals surface area contributed by atoms with E-state index in [2.05, 4.69) is 21.8 Å². The van der Waals surface area contributed by atoms with Crippen LogP contribution in [0.1, 0.15) is 24.0 Å². The summed E-state index contributed by atoms with van der Waals surface area (Å²) in [5, 5.41) is 3.33. The van der Waals surface area contributed by atoms with Gasteiger partial charge in [-0.3, -0.25) is 4.99 Å². The van der Waals surface area contributed by atoms with E-state index in [0.29, 0.717) is 18.7 Å². The third-order valence-corrected chi connectivity index (χ3v) is 3.52. The van der Waals surface area contributed by atoms with Crippen LogP contribution in [0.3, 0.4) is 0 Å². The Balaban J connectivity index is 0.00000529. The number of guanidine groups is 1. The third-order valence-electron chi connectivity index (χ3n) is 3.52. The highest BCUT2D eigenvalue weighted by molar-refractivity contribution is 14.0. The zero-order chi connectivity index (χ0) is 17.2. The zero-order valence-electron chi connectivity index (χ0n) is 15.2. The van der Waals surface area contributed by atoms with E-state index < -0.39 is 0 Å². The van der Waals surface area contributed by atoms with Crippen molar-refractivity contribution in [3.63, 3.8) is 0 Å². The predicted molar refractivity (Wildman–Crippen MR) is 111 cm³/mol. The highest BCUT2D eigenvalue weighted by Gasteiger charge is 2.08. The summed E-state index contributed by atoms with van der Waals surface area (Å²) in [5.74, 6) is 0.681. The molecule has 4 nitrogen and oxygen atoms in total. The van der Waals surface area contributed by atoms with E-state index in [9.17, 15) is 4.39 Å². The van der Waals surface area contributed by atoms with Gasteiger partial charge in [0.2, 0.25) is 0 Å². The molecule has 0 fully saturated rings. The Bertz CT molecular complexity index is 532. The largest absolute Gasteiger partial charge is 0.352 e. The average molecular weight is 448 g/mol. The number of allylic oxidation sites excluding steroid dienone is 1. The lowest BCUT2D eigenvalue weighted by Gasteiger charge is -2.22. The topological polar surface area (TPSA) is 30.9 Å². The Kier molecular flexibility index (Phi) is 11.7. The van der Waals surface area contributed by atoms with Crippen LogP contribution in [0.2, 0.25) is 0 Å². The molecular weight excluding hydrogens is 418 g/mol. The molecule has 1 aromatic rings. The summed E-state index contributed by atoms with van der Waals surface area (Å²) < 4.78 is 13.8. The number of hydrogen-bond acceptors (Lipinski definition) is 2. The Labute approximate surface area is 162 Å². The molecule has 0 aromatic heterocycles. The number of rotatable bonds is 8. The van der Waals surface area contributed by atoms with Crippen LogP contribution in [0, 0.1) is 5.82 Å². The Morgan fingerprint density at radius 3 is 2.62 bits per heavy atom. The van der Waals surface area contributed by atoms with Crippen molar-refractivity contribution >= 4 is 29.9 Å². The summed E-state index contributed by atoms with van der Waals surface area (Å²) in [4.78, 5) is 8.34. The first kappa shape index (κ1) is 22.9. The van der Waals surface area contributed by atoms with E-state index >= 15 is 0 Å². The molecular formula is C18H30FIN4. The van der Waals surface area contributed by atoms with Gasteiger partial charge in [-0.05, 0) is 44.6 Å². The minimum absolute atomic E-state index is 0. The van der Waals surface area contributed by atoms with Crippen LogP contribution in [-0.2, 0) is 13.1 Å². The number of nitrogens with one attached hydrogen (secondary N) is 1. The zero-order valence-corrected chi connectivity index (χ0v) is 17.5. The van der Waals surface area contributed by atoms with Gasteiger partial charge in [-0.15, -0.1) is 30.6 Å². The molecule has 24 heavy (non-hydrogen) atoms. The van der Waals surface area contributed by atoms with Gasteiger partial charge in [0.15, 0.2) is 5.96 Å². The average Bonchev–Trinajstić information content (AvgIpc) is 2.50. The van der Waals surface area contributed by atoms with Gasteiger partial charge in [0.05, 0.1) is 0 Å². The van der Waals surface area contributed by atoms with Crippen molar-refractivity contribution in [1.29, 1.82) is 0 Å². The van der Waals surface area contributed by atoms with Crippen molar-refractivity contribution in [2.24, 2.45) is 4.99 Å². The molecule has 1 aromatic carbocycles. The minimum Gasteiger partial charge on any atom is -0.352 e. The van der Waals surface area contributed by atoms with Crippen molar-refractivity contribution in [1.82, 2.24) is 15.1 Å². The van der Waals surface area contributed by atoms with Gasteiger partial charge in [0, 0.05) is 39.3 Å². The van der Waals surface area contributed by atoms with E-state index in [1.165, 1.54) is 6.07 Å². The van der Waals surface area contributed by atoms with Gasteiger partial charge < -0.3 is 15.1 Å². The highest BCUT2D eigenvalue weighted by atomic mass is 127. The molecule has 136 valence electrons. The van der Waals surface area contributed by atoms with Crippen LogP contribution in [0.4, 0.5) is 4.39 Å².